The number of ether oxygens (including phenoxy) is 1. The first kappa shape index (κ1) is 21.4. The summed E-state index contributed by atoms with van der Waals surface area (Å²) in [5.74, 6) is 1.08. The standard InChI is InChI=1S/C22H20ClF3N4O/c1-31-13-20-28-18-12-30(19-5-3-2-4-17(19)23)11-10-16(18)21(29-20)27-15-8-6-14(7-9-15)22(24,25)26/h2-9H,10-13H2,1H3,(H,27,28,29). The highest BCUT2D eigenvalue weighted by atomic mass is 35.5. The molecule has 0 radical (unpaired) electrons. The number of aromatic nitrogens is 2. The molecule has 0 spiro atoms. The zero-order valence-corrected chi connectivity index (χ0v) is 17.5. The molecule has 2 heterocycles. The van der Waals surface area contributed by atoms with Crippen molar-refractivity contribution in [3.05, 3.63) is 76.2 Å². The van der Waals surface area contributed by atoms with Gasteiger partial charge in [0.15, 0.2) is 5.82 Å². The third-order valence-electron chi connectivity index (χ3n) is 5.05. The van der Waals surface area contributed by atoms with Crippen molar-refractivity contribution < 1.29 is 17.9 Å². The highest BCUT2D eigenvalue weighted by Crippen LogP contribution is 2.33. The summed E-state index contributed by atoms with van der Waals surface area (Å²) in [6.45, 7) is 1.48. The lowest BCUT2D eigenvalue weighted by atomic mass is 10.0. The molecule has 4 rings (SSSR count). The Morgan fingerprint density at radius 1 is 1.10 bits per heavy atom. The Labute approximate surface area is 182 Å². The summed E-state index contributed by atoms with van der Waals surface area (Å²) in [6, 6.07) is 12.5. The summed E-state index contributed by atoms with van der Waals surface area (Å²) in [5, 5.41) is 3.82. The molecule has 1 aliphatic heterocycles. The van der Waals surface area contributed by atoms with Gasteiger partial charge in [-0.1, -0.05) is 23.7 Å². The van der Waals surface area contributed by atoms with Crippen LogP contribution in [0.15, 0.2) is 48.5 Å². The van der Waals surface area contributed by atoms with Crippen molar-refractivity contribution in [2.45, 2.75) is 25.7 Å². The number of halogens is 4. The van der Waals surface area contributed by atoms with Gasteiger partial charge in [-0.25, -0.2) is 9.97 Å². The maximum Gasteiger partial charge on any atom is 0.416 e. The second-order valence-electron chi connectivity index (χ2n) is 7.17. The van der Waals surface area contributed by atoms with Gasteiger partial charge in [0, 0.05) is 24.9 Å². The minimum Gasteiger partial charge on any atom is -0.377 e. The topological polar surface area (TPSA) is 50.3 Å². The van der Waals surface area contributed by atoms with Gasteiger partial charge in [-0.3, -0.25) is 0 Å². The monoisotopic (exact) mass is 448 g/mol. The van der Waals surface area contributed by atoms with Crippen molar-refractivity contribution in [2.24, 2.45) is 0 Å². The van der Waals surface area contributed by atoms with Crippen LogP contribution in [0.5, 0.6) is 0 Å². The number of hydrogen-bond acceptors (Lipinski definition) is 5. The van der Waals surface area contributed by atoms with E-state index >= 15 is 0 Å². The third kappa shape index (κ3) is 4.75. The highest BCUT2D eigenvalue weighted by molar-refractivity contribution is 6.33. The van der Waals surface area contributed by atoms with Gasteiger partial charge in [0.1, 0.15) is 12.4 Å². The molecule has 31 heavy (non-hydrogen) atoms. The molecule has 5 nitrogen and oxygen atoms in total. The van der Waals surface area contributed by atoms with Gasteiger partial charge in [0.2, 0.25) is 0 Å². The Morgan fingerprint density at radius 3 is 2.52 bits per heavy atom. The number of nitrogens with one attached hydrogen (secondary N) is 1. The molecule has 3 aromatic rings. The quantitative estimate of drug-likeness (QED) is 0.550. The van der Waals surface area contributed by atoms with E-state index in [1.165, 1.54) is 12.1 Å². The fraction of sp³-hybridized carbons (Fsp3) is 0.273. The summed E-state index contributed by atoms with van der Waals surface area (Å²) < 4.78 is 43.7. The summed E-state index contributed by atoms with van der Waals surface area (Å²) >= 11 is 6.36. The lowest BCUT2D eigenvalue weighted by molar-refractivity contribution is -0.137. The predicted molar refractivity (Wildman–Crippen MR) is 114 cm³/mol. The smallest absolute Gasteiger partial charge is 0.377 e. The minimum absolute atomic E-state index is 0.223. The number of para-hydroxylation sites is 1. The SMILES string of the molecule is COCc1nc2c(c(Nc3ccc(C(F)(F)F)cc3)n1)CCN(c1ccccc1Cl)C2. The van der Waals surface area contributed by atoms with Crippen molar-refractivity contribution in [3.8, 4) is 0 Å². The molecule has 0 saturated heterocycles. The second kappa shape index (κ2) is 8.72. The predicted octanol–water partition coefficient (Wildman–Crippen LogP) is 5.60. The summed E-state index contributed by atoms with van der Waals surface area (Å²) in [5.41, 5.74) is 2.52. The van der Waals surface area contributed by atoms with E-state index in [9.17, 15) is 13.2 Å². The molecule has 162 valence electrons. The van der Waals surface area contributed by atoms with Crippen LogP contribution in [0.2, 0.25) is 5.02 Å². The second-order valence-corrected chi connectivity index (χ2v) is 7.58. The van der Waals surface area contributed by atoms with Crippen LogP contribution in [-0.4, -0.2) is 23.6 Å². The van der Waals surface area contributed by atoms with Gasteiger partial charge in [-0.2, -0.15) is 13.2 Å². The Balaban J connectivity index is 1.64. The average molecular weight is 449 g/mol. The van der Waals surface area contributed by atoms with Crippen molar-refractivity contribution in [1.82, 2.24) is 9.97 Å². The number of fused-ring (bicyclic) bond motifs is 1. The van der Waals surface area contributed by atoms with Crippen molar-refractivity contribution in [2.75, 3.05) is 23.9 Å². The Kier molecular flexibility index (Phi) is 6.02. The molecule has 0 aliphatic carbocycles. The molecular formula is C22H20ClF3N4O. The molecule has 1 aliphatic rings. The maximum absolute atomic E-state index is 12.8. The summed E-state index contributed by atoms with van der Waals surface area (Å²) in [6.07, 6.45) is -3.71. The van der Waals surface area contributed by atoms with E-state index in [0.29, 0.717) is 41.9 Å². The number of benzene rings is 2. The van der Waals surface area contributed by atoms with Crippen molar-refractivity contribution in [3.63, 3.8) is 0 Å². The summed E-state index contributed by atoms with van der Waals surface area (Å²) in [7, 11) is 1.56. The zero-order valence-electron chi connectivity index (χ0n) is 16.7. The molecule has 0 atom stereocenters. The van der Waals surface area contributed by atoms with Crippen molar-refractivity contribution >= 4 is 28.8 Å². The molecule has 0 amide bonds. The van der Waals surface area contributed by atoms with Gasteiger partial charge in [-0.15, -0.1) is 0 Å². The van der Waals surface area contributed by atoms with Gasteiger partial charge in [0.05, 0.1) is 28.5 Å². The zero-order chi connectivity index (χ0) is 22.0. The van der Waals surface area contributed by atoms with Gasteiger partial charge in [-0.05, 0) is 42.8 Å². The normalized spacial score (nSPS) is 13.8. The van der Waals surface area contributed by atoms with E-state index in [1.54, 1.807) is 7.11 Å². The van der Waals surface area contributed by atoms with Gasteiger partial charge < -0.3 is 15.0 Å². The molecule has 9 heteroatoms. The van der Waals surface area contributed by atoms with Crippen LogP contribution in [-0.2, 0) is 30.5 Å². The molecular weight excluding hydrogens is 429 g/mol. The summed E-state index contributed by atoms with van der Waals surface area (Å²) in [4.78, 5) is 11.3. The molecule has 0 fully saturated rings. The van der Waals surface area contributed by atoms with Crippen LogP contribution in [0, 0.1) is 0 Å². The fourth-order valence-electron chi connectivity index (χ4n) is 3.57. The number of methoxy groups -OCH3 is 1. The van der Waals surface area contributed by atoms with E-state index in [1.807, 2.05) is 24.3 Å². The Morgan fingerprint density at radius 2 is 1.84 bits per heavy atom. The average Bonchev–Trinajstić information content (AvgIpc) is 2.74. The molecule has 1 aromatic heterocycles. The Bertz CT molecular complexity index is 1070. The third-order valence-corrected chi connectivity index (χ3v) is 5.37. The van der Waals surface area contributed by atoms with Crippen LogP contribution in [0.4, 0.5) is 30.4 Å². The van der Waals surface area contributed by atoms with Crippen molar-refractivity contribution in [1.29, 1.82) is 0 Å². The van der Waals surface area contributed by atoms with Crippen LogP contribution in [0.3, 0.4) is 0 Å². The van der Waals surface area contributed by atoms with Crippen LogP contribution >= 0.6 is 11.6 Å². The molecule has 2 aromatic carbocycles. The first-order valence-electron chi connectivity index (χ1n) is 9.66. The van der Waals surface area contributed by atoms with E-state index in [-0.39, 0.29) is 6.61 Å². The number of rotatable bonds is 5. The maximum atomic E-state index is 12.8. The first-order chi connectivity index (χ1) is 14.8. The van der Waals surface area contributed by atoms with Crippen LogP contribution in [0.1, 0.15) is 22.6 Å². The lowest BCUT2D eigenvalue weighted by Gasteiger charge is -2.31. The van der Waals surface area contributed by atoms with Crippen LogP contribution in [0.25, 0.3) is 0 Å². The largest absolute Gasteiger partial charge is 0.416 e. The number of anilines is 3. The first-order valence-corrected chi connectivity index (χ1v) is 10.0. The Hall–Kier alpha value is -2.84. The van der Waals surface area contributed by atoms with Gasteiger partial charge in [0.25, 0.3) is 0 Å². The van der Waals surface area contributed by atoms with E-state index < -0.39 is 11.7 Å². The number of nitrogens with zero attached hydrogens (tertiary/aromatic N) is 3. The molecule has 0 bridgehead atoms. The lowest BCUT2D eigenvalue weighted by Crippen LogP contribution is -2.32. The number of alkyl halides is 3. The van der Waals surface area contributed by atoms with E-state index in [4.69, 9.17) is 16.3 Å². The number of hydrogen-bond donors (Lipinski definition) is 1. The molecule has 0 unspecified atom stereocenters. The fourth-order valence-corrected chi connectivity index (χ4v) is 3.83. The molecule has 0 saturated carbocycles. The highest BCUT2D eigenvalue weighted by Gasteiger charge is 2.30. The molecule has 1 N–H and O–H groups in total. The van der Waals surface area contributed by atoms with E-state index in [2.05, 4.69) is 20.2 Å². The van der Waals surface area contributed by atoms with E-state index in [0.717, 1.165) is 29.1 Å². The van der Waals surface area contributed by atoms with Crippen LogP contribution < -0.4 is 10.2 Å². The minimum atomic E-state index is -4.37. The van der Waals surface area contributed by atoms with Gasteiger partial charge >= 0.3 is 6.18 Å².